The molecule has 21 heavy (non-hydrogen) atoms. The normalized spacial score (nSPS) is 25.4. The number of nitrogens with zero attached hydrogens (tertiary/aromatic N) is 1. The van der Waals surface area contributed by atoms with Gasteiger partial charge in [-0.05, 0) is 33.6 Å². The number of nitrogens with one attached hydrogen (secondary N) is 2. The first kappa shape index (κ1) is 17.5. The number of hydroxylamine groups is 1. The summed E-state index contributed by atoms with van der Waals surface area (Å²) in [6.07, 6.45) is 4.02. The van der Waals surface area contributed by atoms with E-state index in [0.29, 0.717) is 17.5 Å². The Labute approximate surface area is 127 Å². The summed E-state index contributed by atoms with van der Waals surface area (Å²) in [6.45, 7) is 6.67. The van der Waals surface area contributed by atoms with Crippen LogP contribution in [0.1, 0.15) is 33.6 Å². The summed E-state index contributed by atoms with van der Waals surface area (Å²) in [7, 11) is 3.47. The van der Waals surface area contributed by atoms with Gasteiger partial charge in [0, 0.05) is 44.1 Å². The number of aliphatic imine (C=N–C) groups is 1. The molecule has 0 aliphatic carbocycles. The van der Waals surface area contributed by atoms with E-state index in [1.807, 2.05) is 13.8 Å². The predicted molar refractivity (Wildman–Crippen MR) is 85.7 cm³/mol. The average Bonchev–Trinajstić information content (AvgIpc) is 2.44. The van der Waals surface area contributed by atoms with Gasteiger partial charge in [-0.3, -0.25) is 4.99 Å². The smallest absolute Gasteiger partial charge is 0.125 e. The van der Waals surface area contributed by atoms with Crippen molar-refractivity contribution in [1.82, 2.24) is 10.8 Å². The molecule has 6 heteroatoms. The summed E-state index contributed by atoms with van der Waals surface area (Å²) in [6, 6.07) is 0.369. The van der Waals surface area contributed by atoms with E-state index in [2.05, 4.69) is 22.7 Å². The summed E-state index contributed by atoms with van der Waals surface area (Å²) in [5.74, 6) is 1.52. The fraction of sp³-hybridized carbons (Fsp3) is 0.667. The van der Waals surface area contributed by atoms with Crippen LogP contribution in [0.2, 0.25) is 0 Å². The lowest BCUT2D eigenvalue weighted by Gasteiger charge is -2.29. The zero-order valence-electron chi connectivity index (χ0n) is 13.7. The minimum absolute atomic E-state index is 0.280. The van der Waals surface area contributed by atoms with E-state index in [1.54, 1.807) is 20.2 Å². The van der Waals surface area contributed by atoms with Crippen LogP contribution in [0, 0.1) is 0 Å². The molecule has 0 amide bonds. The second kappa shape index (κ2) is 8.69. The third-order valence-electron chi connectivity index (χ3n) is 3.46. The van der Waals surface area contributed by atoms with Crippen molar-refractivity contribution in [1.29, 1.82) is 0 Å². The fourth-order valence-electron chi connectivity index (χ4n) is 2.32. The van der Waals surface area contributed by atoms with Gasteiger partial charge in [-0.2, -0.15) is 5.48 Å². The Morgan fingerprint density at radius 3 is 2.71 bits per heavy atom. The number of rotatable bonds is 5. The van der Waals surface area contributed by atoms with Crippen LogP contribution in [0.5, 0.6) is 0 Å². The van der Waals surface area contributed by atoms with Crippen molar-refractivity contribution in [3.05, 3.63) is 23.1 Å². The number of allylic oxidation sites excluding steroid dienone is 2. The van der Waals surface area contributed by atoms with Crippen molar-refractivity contribution in [3.63, 3.8) is 0 Å². The molecule has 0 bridgehead atoms. The van der Waals surface area contributed by atoms with Gasteiger partial charge in [-0.25, -0.2) is 0 Å². The Kier molecular flexibility index (Phi) is 7.25. The monoisotopic (exact) mass is 296 g/mol. The van der Waals surface area contributed by atoms with Gasteiger partial charge in [0.1, 0.15) is 11.6 Å². The van der Waals surface area contributed by atoms with Crippen molar-refractivity contribution in [2.75, 3.05) is 20.7 Å². The van der Waals surface area contributed by atoms with Gasteiger partial charge < -0.3 is 20.6 Å². The maximum Gasteiger partial charge on any atom is 0.125 e. The van der Waals surface area contributed by atoms with Crippen LogP contribution >= 0.6 is 0 Å². The first-order valence-electron chi connectivity index (χ1n) is 7.31. The van der Waals surface area contributed by atoms with Gasteiger partial charge in [-0.15, -0.1) is 0 Å². The van der Waals surface area contributed by atoms with E-state index >= 15 is 0 Å². The van der Waals surface area contributed by atoms with Crippen molar-refractivity contribution < 1.29 is 9.57 Å². The Balaban J connectivity index is 2.76. The topological polar surface area (TPSA) is 80.9 Å². The van der Waals surface area contributed by atoms with Crippen molar-refractivity contribution in [2.45, 2.75) is 45.8 Å². The fourth-order valence-corrected chi connectivity index (χ4v) is 2.32. The van der Waals surface area contributed by atoms with Crippen molar-refractivity contribution >= 4 is 5.84 Å². The molecule has 0 radical (unpaired) electrons. The molecule has 1 rings (SSSR count). The van der Waals surface area contributed by atoms with Crippen LogP contribution in [-0.2, 0) is 9.57 Å². The number of nitrogens with two attached hydrogens (primary N) is 1. The molecule has 2 atom stereocenters. The van der Waals surface area contributed by atoms with Crippen LogP contribution in [0.4, 0.5) is 0 Å². The van der Waals surface area contributed by atoms with Crippen LogP contribution in [0.3, 0.4) is 0 Å². The Morgan fingerprint density at radius 2 is 2.14 bits per heavy atom. The van der Waals surface area contributed by atoms with E-state index < -0.39 is 0 Å². The molecule has 1 saturated heterocycles. The van der Waals surface area contributed by atoms with Crippen molar-refractivity contribution in [2.24, 2.45) is 10.7 Å². The summed E-state index contributed by atoms with van der Waals surface area (Å²) in [5, 5.41) is 3.47. The third kappa shape index (κ3) is 5.77. The van der Waals surface area contributed by atoms with E-state index in [0.717, 1.165) is 30.9 Å². The highest BCUT2D eigenvalue weighted by molar-refractivity contribution is 5.98. The maximum absolute atomic E-state index is 6.11. The molecule has 1 heterocycles. The van der Waals surface area contributed by atoms with E-state index in [1.165, 1.54) is 0 Å². The van der Waals surface area contributed by atoms with Crippen LogP contribution in [-0.4, -0.2) is 38.7 Å². The molecule has 0 spiro atoms. The van der Waals surface area contributed by atoms with E-state index in [9.17, 15) is 0 Å². The molecule has 4 N–H and O–H groups in total. The number of amidine groups is 1. The molecule has 0 aromatic carbocycles. The quantitative estimate of drug-likeness (QED) is 0.235. The van der Waals surface area contributed by atoms with Gasteiger partial charge in [0.15, 0.2) is 0 Å². The highest BCUT2D eigenvalue weighted by Gasteiger charge is 2.20. The van der Waals surface area contributed by atoms with Crippen LogP contribution in [0.15, 0.2) is 28.1 Å². The summed E-state index contributed by atoms with van der Waals surface area (Å²) >= 11 is 0. The van der Waals surface area contributed by atoms with Gasteiger partial charge >= 0.3 is 0 Å². The Bertz CT molecular complexity index is 429. The second-order valence-electron chi connectivity index (χ2n) is 5.26. The maximum atomic E-state index is 6.11. The highest BCUT2D eigenvalue weighted by Crippen LogP contribution is 2.14. The molecule has 120 valence electrons. The number of hydrogen-bond donors (Lipinski definition) is 3. The van der Waals surface area contributed by atoms with Crippen LogP contribution < -0.4 is 16.5 Å². The molecule has 2 unspecified atom stereocenters. The zero-order chi connectivity index (χ0) is 15.8. The molecular weight excluding hydrogens is 268 g/mol. The number of hydrogen-bond acceptors (Lipinski definition) is 5. The molecular formula is C15H28N4O2. The molecule has 0 aromatic rings. The lowest BCUT2D eigenvalue weighted by molar-refractivity contribution is 0.0167. The highest BCUT2D eigenvalue weighted by atomic mass is 16.6. The van der Waals surface area contributed by atoms with E-state index in [-0.39, 0.29) is 6.10 Å². The van der Waals surface area contributed by atoms with Crippen molar-refractivity contribution in [3.8, 4) is 0 Å². The molecule has 6 nitrogen and oxygen atoms in total. The zero-order valence-corrected chi connectivity index (χ0v) is 13.7. The first-order chi connectivity index (χ1) is 9.97. The lowest BCUT2D eigenvalue weighted by Crippen LogP contribution is -2.42. The van der Waals surface area contributed by atoms with Gasteiger partial charge in [-0.1, -0.05) is 0 Å². The summed E-state index contributed by atoms with van der Waals surface area (Å²) in [5.41, 5.74) is 10.3. The molecule has 0 saturated carbocycles. The Morgan fingerprint density at radius 1 is 1.43 bits per heavy atom. The Hall–Kier alpha value is -1.53. The predicted octanol–water partition coefficient (Wildman–Crippen LogP) is 1.46. The SMILES string of the molecule is C\N=C(NC1CCOC(C)C1)/C(C)=C(N)/C=C(\C)ONC. The van der Waals surface area contributed by atoms with Crippen LogP contribution in [0.25, 0.3) is 0 Å². The molecule has 1 aliphatic rings. The molecule has 1 fully saturated rings. The average molecular weight is 296 g/mol. The standard InChI is InChI=1S/C15H28N4O2/c1-10-8-13(6-7-20-10)19-15(17-4)12(3)14(16)9-11(2)21-18-5/h9-10,13,18H,6-8,16H2,1-5H3,(H,17,19)/b11-9+,14-12-. The lowest BCUT2D eigenvalue weighted by atomic mass is 10.0. The minimum atomic E-state index is 0.280. The third-order valence-corrected chi connectivity index (χ3v) is 3.46. The van der Waals surface area contributed by atoms with Gasteiger partial charge in [0.05, 0.1) is 6.10 Å². The summed E-state index contributed by atoms with van der Waals surface area (Å²) < 4.78 is 5.56. The largest absolute Gasteiger partial charge is 0.414 e. The minimum Gasteiger partial charge on any atom is -0.414 e. The van der Waals surface area contributed by atoms with E-state index in [4.69, 9.17) is 15.3 Å². The first-order valence-corrected chi connectivity index (χ1v) is 7.31. The molecule has 1 aliphatic heterocycles. The number of ether oxygens (including phenoxy) is 1. The second-order valence-corrected chi connectivity index (χ2v) is 5.26. The van der Waals surface area contributed by atoms with Gasteiger partial charge in [0.2, 0.25) is 0 Å². The summed E-state index contributed by atoms with van der Waals surface area (Å²) in [4.78, 5) is 9.48. The molecule has 0 aromatic heterocycles. The van der Waals surface area contributed by atoms with Gasteiger partial charge in [0.25, 0.3) is 0 Å².